The van der Waals surface area contributed by atoms with Crippen molar-refractivity contribution in [1.82, 2.24) is 0 Å². The fraction of sp³-hybridized carbons (Fsp3) is 0.385. The number of hydrogen-bond acceptors (Lipinski definition) is 0. The maximum Gasteiger partial charge on any atom is -0.00167 e. The lowest BCUT2D eigenvalue weighted by atomic mass is 9.94. The van der Waals surface area contributed by atoms with Gasteiger partial charge in [-0.05, 0) is 47.6 Å². The summed E-state index contributed by atoms with van der Waals surface area (Å²) in [5.41, 5.74) is 5.93. The molecule has 0 unspecified atom stereocenters. The lowest BCUT2D eigenvalue weighted by Crippen LogP contribution is -1.96. The van der Waals surface area contributed by atoms with Crippen molar-refractivity contribution in [3.05, 3.63) is 40.5 Å². The van der Waals surface area contributed by atoms with Crippen LogP contribution >= 0.6 is 0 Å². The second-order valence-electron chi connectivity index (χ2n) is 3.51. The van der Waals surface area contributed by atoms with Gasteiger partial charge in [0.2, 0.25) is 0 Å². The summed E-state index contributed by atoms with van der Waals surface area (Å²) in [4.78, 5) is 0. The highest BCUT2D eigenvalue weighted by molar-refractivity contribution is 5.63. The summed E-state index contributed by atoms with van der Waals surface area (Å²) in [5.74, 6) is 0. The van der Waals surface area contributed by atoms with Gasteiger partial charge in [0.15, 0.2) is 0 Å². The van der Waals surface area contributed by atoms with Gasteiger partial charge in [0, 0.05) is 0 Å². The molecule has 1 radical (unpaired) electrons. The van der Waals surface area contributed by atoms with Crippen LogP contribution in [0.2, 0.25) is 0 Å². The van der Waals surface area contributed by atoms with Gasteiger partial charge in [-0.1, -0.05) is 32.1 Å². The summed E-state index contributed by atoms with van der Waals surface area (Å²) < 4.78 is 0. The molecule has 0 aliphatic heterocycles. The van der Waals surface area contributed by atoms with E-state index in [0.717, 1.165) is 19.3 Å². The Hall–Kier alpha value is -1.04. The summed E-state index contributed by atoms with van der Waals surface area (Å²) in [6, 6.07) is 4.53. The molecule has 0 fully saturated rings. The average Bonchev–Trinajstić information content (AvgIpc) is 2.63. The molecule has 0 heterocycles. The largest absolute Gasteiger partial charge is 0.0613 e. The van der Waals surface area contributed by atoms with Gasteiger partial charge in [-0.25, -0.2) is 0 Å². The zero-order valence-electron chi connectivity index (χ0n) is 8.35. The molecular weight excluding hydrogens is 156 g/mol. The van der Waals surface area contributed by atoms with Crippen LogP contribution in [0.3, 0.4) is 0 Å². The fourth-order valence-electron chi connectivity index (χ4n) is 2.10. The Morgan fingerprint density at radius 2 is 2.08 bits per heavy atom. The normalized spacial score (nSPS) is 13.4. The molecule has 1 aliphatic carbocycles. The van der Waals surface area contributed by atoms with Crippen LogP contribution in [-0.4, -0.2) is 0 Å². The SMILES string of the molecule is CCc1ccc2c(c1CC)C=[C]C2. The first-order chi connectivity index (χ1) is 6.36. The third kappa shape index (κ3) is 1.31. The maximum atomic E-state index is 3.29. The molecule has 67 valence electrons. The van der Waals surface area contributed by atoms with Crippen LogP contribution in [0.5, 0.6) is 0 Å². The predicted molar refractivity (Wildman–Crippen MR) is 56.6 cm³/mol. The molecule has 0 heteroatoms. The monoisotopic (exact) mass is 171 g/mol. The minimum absolute atomic E-state index is 1.01. The standard InChI is InChI=1S/C13H15/c1-3-10-8-9-11-6-5-7-13(11)12(10)4-2/h7-9H,3-4,6H2,1-2H3. The molecule has 0 aromatic heterocycles. The maximum absolute atomic E-state index is 3.29. The first-order valence-electron chi connectivity index (χ1n) is 5.07. The van der Waals surface area contributed by atoms with E-state index in [1.807, 2.05) is 0 Å². The molecule has 1 aromatic carbocycles. The molecule has 0 amide bonds. The zero-order valence-corrected chi connectivity index (χ0v) is 8.35. The van der Waals surface area contributed by atoms with E-state index in [2.05, 4.69) is 38.1 Å². The highest BCUT2D eigenvalue weighted by Gasteiger charge is 2.11. The summed E-state index contributed by atoms with van der Waals surface area (Å²) in [6.07, 6.45) is 8.74. The highest BCUT2D eigenvalue weighted by atomic mass is 14.2. The van der Waals surface area contributed by atoms with Crippen molar-refractivity contribution in [2.45, 2.75) is 33.1 Å². The lowest BCUT2D eigenvalue weighted by molar-refractivity contribution is 1.02. The van der Waals surface area contributed by atoms with Gasteiger partial charge in [-0.3, -0.25) is 0 Å². The summed E-state index contributed by atoms with van der Waals surface area (Å²) in [6.45, 7) is 4.46. The molecule has 13 heavy (non-hydrogen) atoms. The van der Waals surface area contributed by atoms with E-state index < -0.39 is 0 Å². The van der Waals surface area contributed by atoms with Gasteiger partial charge >= 0.3 is 0 Å². The minimum Gasteiger partial charge on any atom is -0.0613 e. The molecule has 0 bridgehead atoms. The molecule has 0 N–H and O–H groups in total. The van der Waals surface area contributed by atoms with Crippen molar-refractivity contribution in [2.75, 3.05) is 0 Å². The minimum atomic E-state index is 1.01. The Kier molecular flexibility index (Phi) is 2.22. The predicted octanol–water partition coefficient (Wildman–Crippen LogP) is 3.18. The summed E-state index contributed by atoms with van der Waals surface area (Å²) >= 11 is 0. The van der Waals surface area contributed by atoms with Crippen molar-refractivity contribution in [3.8, 4) is 0 Å². The first-order valence-corrected chi connectivity index (χ1v) is 5.07. The van der Waals surface area contributed by atoms with Crippen molar-refractivity contribution in [1.29, 1.82) is 0 Å². The number of benzene rings is 1. The second kappa shape index (κ2) is 3.37. The van der Waals surface area contributed by atoms with E-state index in [4.69, 9.17) is 0 Å². The third-order valence-corrected chi connectivity index (χ3v) is 2.82. The molecule has 1 aromatic rings. The first kappa shape index (κ1) is 8.55. The van der Waals surface area contributed by atoms with Crippen LogP contribution in [0.25, 0.3) is 6.08 Å². The Balaban J connectivity index is 2.58. The fourth-order valence-corrected chi connectivity index (χ4v) is 2.10. The van der Waals surface area contributed by atoms with E-state index in [0.29, 0.717) is 0 Å². The summed E-state index contributed by atoms with van der Waals surface area (Å²) in [5, 5.41) is 0. The van der Waals surface area contributed by atoms with Gasteiger partial charge in [0.1, 0.15) is 0 Å². The van der Waals surface area contributed by atoms with Crippen molar-refractivity contribution < 1.29 is 0 Å². The molecule has 0 atom stereocenters. The van der Waals surface area contributed by atoms with Crippen LogP contribution in [0.4, 0.5) is 0 Å². The highest BCUT2D eigenvalue weighted by Crippen LogP contribution is 2.26. The molecule has 0 nitrogen and oxygen atoms in total. The average molecular weight is 171 g/mol. The molecule has 0 saturated carbocycles. The van der Waals surface area contributed by atoms with E-state index in [1.165, 1.54) is 22.3 Å². The number of allylic oxidation sites excluding steroid dienone is 1. The van der Waals surface area contributed by atoms with Crippen LogP contribution in [0.15, 0.2) is 12.1 Å². The van der Waals surface area contributed by atoms with E-state index in [-0.39, 0.29) is 0 Å². The van der Waals surface area contributed by atoms with Gasteiger partial charge in [-0.2, -0.15) is 0 Å². The number of aryl methyl sites for hydroxylation is 1. The molecule has 0 saturated heterocycles. The number of rotatable bonds is 2. The number of fused-ring (bicyclic) bond motifs is 1. The lowest BCUT2D eigenvalue weighted by Gasteiger charge is -2.10. The van der Waals surface area contributed by atoms with Gasteiger partial charge in [0.25, 0.3) is 0 Å². The molecule has 0 spiro atoms. The molecular formula is C13H15. The Morgan fingerprint density at radius 1 is 1.23 bits per heavy atom. The van der Waals surface area contributed by atoms with Crippen molar-refractivity contribution >= 4 is 6.08 Å². The Bertz CT molecular complexity index is 345. The Labute approximate surface area is 80.3 Å². The van der Waals surface area contributed by atoms with E-state index >= 15 is 0 Å². The second-order valence-corrected chi connectivity index (χ2v) is 3.51. The van der Waals surface area contributed by atoms with Gasteiger partial charge in [0.05, 0.1) is 0 Å². The smallest absolute Gasteiger partial charge is 0.00167 e. The summed E-state index contributed by atoms with van der Waals surface area (Å²) in [7, 11) is 0. The zero-order chi connectivity index (χ0) is 9.26. The van der Waals surface area contributed by atoms with E-state index in [9.17, 15) is 0 Å². The van der Waals surface area contributed by atoms with E-state index in [1.54, 1.807) is 0 Å². The van der Waals surface area contributed by atoms with Crippen LogP contribution < -0.4 is 0 Å². The van der Waals surface area contributed by atoms with Gasteiger partial charge < -0.3 is 0 Å². The number of hydrogen-bond donors (Lipinski definition) is 0. The topological polar surface area (TPSA) is 0 Å². The Morgan fingerprint density at radius 3 is 2.77 bits per heavy atom. The van der Waals surface area contributed by atoms with Crippen LogP contribution in [0.1, 0.15) is 36.1 Å². The molecule has 1 aliphatic rings. The van der Waals surface area contributed by atoms with Gasteiger partial charge in [-0.15, -0.1) is 0 Å². The van der Waals surface area contributed by atoms with Crippen LogP contribution in [-0.2, 0) is 19.3 Å². The molecule has 2 rings (SSSR count). The van der Waals surface area contributed by atoms with Crippen LogP contribution in [0, 0.1) is 6.08 Å². The van der Waals surface area contributed by atoms with Crippen molar-refractivity contribution in [3.63, 3.8) is 0 Å². The third-order valence-electron chi connectivity index (χ3n) is 2.82. The van der Waals surface area contributed by atoms with Crippen molar-refractivity contribution in [2.24, 2.45) is 0 Å². The quantitative estimate of drug-likeness (QED) is 0.641.